The minimum Gasteiger partial charge on any atom is -0.353 e. The van der Waals surface area contributed by atoms with Crippen molar-refractivity contribution < 1.29 is 4.79 Å². The predicted octanol–water partition coefficient (Wildman–Crippen LogP) is 5.45. The summed E-state index contributed by atoms with van der Waals surface area (Å²) in [6, 6.07) is 19.5. The summed E-state index contributed by atoms with van der Waals surface area (Å²) in [5, 5.41) is 8.78. The molecule has 0 bridgehead atoms. The molecule has 1 fully saturated rings. The minimum absolute atomic E-state index is 0.131. The molecule has 30 heavy (non-hydrogen) atoms. The number of carbonyl (C=O) groups is 1. The van der Waals surface area contributed by atoms with Crippen molar-refractivity contribution in [3.8, 4) is 21.8 Å². The van der Waals surface area contributed by atoms with Gasteiger partial charge in [0.1, 0.15) is 5.01 Å². The summed E-state index contributed by atoms with van der Waals surface area (Å²) in [5.74, 6) is 0.131. The number of aromatic nitrogens is 3. The lowest BCUT2D eigenvalue weighted by atomic mass is 10.1. The highest BCUT2D eigenvalue weighted by Gasteiger charge is 2.28. The van der Waals surface area contributed by atoms with Gasteiger partial charge < -0.3 is 5.32 Å². The van der Waals surface area contributed by atoms with Crippen LogP contribution in [0.5, 0.6) is 0 Å². The second kappa shape index (κ2) is 8.03. The van der Waals surface area contributed by atoms with Crippen molar-refractivity contribution in [2.24, 2.45) is 0 Å². The molecular weight excluding hydrogens is 392 g/mol. The third-order valence-corrected chi connectivity index (χ3v) is 6.91. The van der Waals surface area contributed by atoms with E-state index in [4.69, 9.17) is 4.98 Å². The Bertz CT molecular complexity index is 1140. The lowest BCUT2D eigenvalue weighted by Crippen LogP contribution is -2.32. The largest absolute Gasteiger partial charge is 0.353 e. The minimum atomic E-state index is 0.131. The smallest absolute Gasteiger partial charge is 0.219 e. The van der Waals surface area contributed by atoms with Crippen molar-refractivity contribution in [3.05, 3.63) is 60.8 Å². The van der Waals surface area contributed by atoms with Gasteiger partial charge in [-0.25, -0.2) is 4.98 Å². The van der Waals surface area contributed by atoms with E-state index in [-0.39, 0.29) is 11.9 Å². The first kappa shape index (κ1) is 19.0. The number of rotatable bonds is 5. The summed E-state index contributed by atoms with van der Waals surface area (Å²) in [5.41, 5.74) is 4.46. The fraction of sp³-hybridized carbons (Fsp3) is 0.292. The number of carbonyl (C=O) groups excluding carboxylic acids is 1. The van der Waals surface area contributed by atoms with E-state index in [2.05, 4.69) is 63.6 Å². The van der Waals surface area contributed by atoms with Crippen LogP contribution in [0.2, 0.25) is 0 Å². The third-order valence-electron chi connectivity index (χ3n) is 5.83. The van der Waals surface area contributed by atoms with Crippen LogP contribution in [0.3, 0.4) is 0 Å². The van der Waals surface area contributed by atoms with E-state index in [9.17, 15) is 4.79 Å². The van der Waals surface area contributed by atoms with Gasteiger partial charge in [-0.15, -0.1) is 11.3 Å². The Morgan fingerprint density at radius 1 is 1.10 bits per heavy atom. The predicted molar refractivity (Wildman–Crippen MR) is 121 cm³/mol. The molecule has 152 valence electrons. The molecule has 6 heteroatoms. The first-order chi connectivity index (χ1) is 14.7. The van der Waals surface area contributed by atoms with Crippen molar-refractivity contribution in [3.63, 3.8) is 0 Å². The first-order valence-electron chi connectivity index (χ1n) is 10.5. The van der Waals surface area contributed by atoms with E-state index < -0.39 is 0 Å². The van der Waals surface area contributed by atoms with Crippen molar-refractivity contribution in [1.82, 2.24) is 20.1 Å². The molecular formula is C24H24N4OS. The highest BCUT2D eigenvalue weighted by Crippen LogP contribution is 2.35. The number of nitrogens with zero attached hydrogens (tertiary/aromatic N) is 3. The summed E-state index contributed by atoms with van der Waals surface area (Å²) in [6.07, 6.45) is 5.38. The number of fused-ring (bicyclic) bond motifs is 1. The van der Waals surface area contributed by atoms with E-state index in [1.54, 1.807) is 11.3 Å². The maximum Gasteiger partial charge on any atom is 0.219 e. The number of nitrogens with one attached hydrogen (secondary N) is 1. The number of thiazole rings is 1. The van der Waals surface area contributed by atoms with Crippen LogP contribution in [0.1, 0.15) is 38.6 Å². The summed E-state index contributed by atoms with van der Waals surface area (Å²) >= 11 is 1.72. The van der Waals surface area contributed by atoms with Crippen molar-refractivity contribution in [2.45, 2.75) is 44.7 Å². The number of amides is 1. The highest BCUT2D eigenvalue weighted by molar-refractivity contribution is 7.21. The molecule has 0 radical (unpaired) electrons. The molecule has 0 saturated heterocycles. The van der Waals surface area contributed by atoms with Crippen LogP contribution in [-0.4, -0.2) is 26.7 Å². The van der Waals surface area contributed by atoms with E-state index in [1.165, 1.54) is 4.70 Å². The standard InChI is InChI=1S/C24H24N4OS/c1-2-23(29)26-18-11-12-19(15-18)28-21(13-14-25-28)16-7-9-17(10-8-16)24-27-20-5-3-4-6-22(20)30-24/h3-10,13-14,18-19H,2,11-12,15H2,1H3,(H,26,29). The molecule has 0 spiro atoms. The molecule has 2 unspecified atom stereocenters. The molecule has 2 aromatic heterocycles. The SMILES string of the molecule is CCC(=O)NC1CCC(n2nccc2-c2ccc(-c3nc4ccccc4s3)cc2)C1. The Balaban J connectivity index is 1.36. The van der Waals surface area contributed by atoms with E-state index in [0.29, 0.717) is 12.5 Å². The van der Waals surface area contributed by atoms with Crippen molar-refractivity contribution in [2.75, 3.05) is 0 Å². The zero-order chi connectivity index (χ0) is 20.5. The Morgan fingerprint density at radius 2 is 1.90 bits per heavy atom. The van der Waals surface area contributed by atoms with E-state index in [1.807, 2.05) is 19.2 Å². The second-order valence-corrected chi connectivity index (χ2v) is 8.84. The van der Waals surface area contributed by atoms with Gasteiger partial charge in [0.2, 0.25) is 5.91 Å². The van der Waals surface area contributed by atoms with Gasteiger partial charge in [0.25, 0.3) is 0 Å². The first-order valence-corrected chi connectivity index (χ1v) is 11.3. The monoisotopic (exact) mass is 416 g/mol. The average Bonchev–Trinajstić information content (AvgIpc) is 3.52. The number of hydrogen-bond acceptors (Lipinski definition) is 4. The van der Waals surface area contributed by atoms with Crippen molar-refractivity contribution in [1.29, 1.82) is 0 Å². The van der Waals surface area contributed by atoms with Gasteiger partial charge in [-0.05, 0) is 43.0 Å². The van der Waals surface area contributed by atoms with E-state index >= 15 is 0 Å². The Kier molecular flexibility index (Phi) is 5.09. The lowest BCUT2D eigenvalue weighted by molar-refractivity contribution is -0.121. The van der Waals surface area contributed by atoms with Crippen LogP contribution < -0.4 is 5.32 Å². The summed E-state index contributed by atoms with van der Waals surface area (Å²) < 4.78 is 3.34. The molecule has 2 atom stereocenters. The van der Waals surface area contributed by atoms with Crippen molar-refractivity contribution >= 4 is 27.5 Å². The fourth-order valence-corrected chi connectivity index (χ4v) is 5.22. The Labute approximate surface area is 179 Å². The average molecular weight is 417 g/mol. The maximum absolute atomic E-state index is 11.7. The van der Waals surface area contributed by atoms with Crippen LogP contribution in [-0.2, 0) is 4.79 Å². The summed E-state index contributed by atoms with van der Waals surface area (Å²) in [7, 11) is 0. The number of benzene rings is 2. The van der Waals surface area contributed by atoms with Gasteiger partial charge in [0.05, 0.1) is 22.0 Å². The molecule has 1 aliphatic rings. The molecule has 1 aliphatic carbocycles. The van der Waals surface area contributed by atoms with Gasteiger partial charge in [0.15, 0.2) is 0 Å². The molecule has 1 N–H and O–H groups in total. The van der Waals surface area contributed by atoms with Crippen LogP contribution in [0.25, 0.3) is 32.0 Å². The zero-order valence-corrected chi connectivity index (χ0v) is 17.7. The quantitative estimate of drug-likeness (QED) is 0.471. The fourth-order valence-electron chi connectivity index (χ4n) is 4.25. The van der Waals surface area contributed by atoms with Crippen LogP contribution in [0.4, 0.5) is 0 Å². The number of hydrogen-bond donors (Lipinski definition) is 1. The second-order valence-electron chi connectivity index (χ2n) is 7.81. The molecule has 0 aliphatic heterocycles. The van der Waals surface area contributed by atoms with Gasteiger partial charge in [-0.1, -0.05) is 43.3 Å². The van der Waals surface area contributed by atoms with Crippen LogP contribution >= 0.6 is 11.3 Å². The molecule has 5 rings (SSSR count). The highest BCUT2D eigenvalue weighted by atomic mass is 32.1. The zero-order valence-electron chi connectivity index (χ0n) is 16.9. The Hall–Kier alpha value is -2.99. The topological polar surface area (TPSA) is 59.8 Å². The van der Waals surface area contributed by atoms with E-state index in [0.717, 1.165) is 46.6 Å². The van der Waals surface area contributed by atoms with Gasteiger partial charge in [0, 0.05) is 24.2 Å². The number of para-hydroxylation sites is 1. The van der Waals surface area contributed by atoms with Gasteiger partial charge in [-0.2, -0.15) is 5.10 Å². The molecule has 4 aromatic rings. The molecule has 1 amide bonds. The summed E-state index contributed by atoms with van der Waals surface area (Å²) in [6.45, 7) is 1.89. The molecule has 1 saturated carbocycles. The normalized spacial score (nSPS) is 18.7. The van der Waals surface area contributed by atoms with Gasteiger partial charge in [-0.3, -0.25) is 9.48 Å². The molecule has 2 heterocycles. The molecule has 5 nitrogen and oxygen atoms in total. The molecule has 2 aromatic carbocycles. The Morgan fingerprint density at radius 3 is 2.70 bits per heavy atom. The maximum atomic E-state index is 11.7. The van der Waals surface area contributed by atoms with Gasteiger partial charge >= 0.3 is 0 Å². The summed E-state index contributed by atoms with van der Waals surface area (Å²) in [4.78, 5) is 16.5. The van der Waals surface area contributed by atoms with Crippen LogP contribution in [0.15, 0.2) is 60.8 Å². The lowest BCUT2D eigenvalue weighted by Gasteiger charge is -2.16. The third kappa shape index (κ3) is 3.63. The van der Waals surface area contributed by atoms with Crippen LogP contribution in [0, 0.1) is 0 Å².